The molecule has 4 saturated carbocycles. The van der Waals surface area contributed by atoms with Crippen LogP contribution in [0.4, 0.5) is 0 Å². The summed E-state index contributed by atoms with van der Waals surface area (Å²) in [6.07, 6.45) is 16.8. The Morgan fingerprint density at radius 1 is 0.911 bits per heavy atom. The fraction of sp³-hybridized carbons (Fsp3) is 0.692. The van der Waals surface area contributed by atoms with Gasteiger partial charge in [-0.1, -0.05) is 59.6 Å². The molecule has 1 aromatic carbocycles. The summed E-state index contributed by atoms with van der Waals surface area (Å²) in [5.74, 6) is 2.59. The van der Waals surface area contributed by atoms with Crippen molar-refractivity contribution >= 4 is 51.8 Å². The van der Waals surface area contributed by atoms with E-state index in [4.69, 9.17) is 27.9 Å². The fourth-order valence-electron chi connectivity index (χ4n) is 10.7. The molecule has 0 bridgehead atoms. The molecule has 3 nitrogen and oxygen atoms in total. The number of fused-ring (bicyclic) bond motifs is 5. The first-order chi connectivity index (χ1) is 21.3. The van der Waals surface area contributed by atoms with Crippen LogP contribution in [0.25, 0.3) is 11.1 Å². The van der Waals surface area contributed by atoms with Gasteiger partial charge in [0.2, 0.25) is 0 Å². The van der Waals surface area contributed by atoms with E-state index in [1.807, 2.05) is 12.3 Å². The molecule has 4 fully saturated rings. The van der Waals surface area contributed by atoms with E-state index in [-0.39, 0.29) is 32.7 Å². The second-order valence-electron chi connectivity index (χ2n) is 16.1. The number of rotatable bonds is 8. The van der Waals surface area contributed by atoms with Crippen LogP contribution >= 0.6 is 45.8 Å². The number of halogens is 3. The molecular formula is C39H52Cl2INO2. The van der Waals surface area contributed by atoms with Crippen LogP contribution in [0.2, 0.25) is 0 Å². The maximum Gasteiger partial charge on any atom is 0.339 e. The molecule has 2 aromatic rings. The molecule has 246 valence electrons. The minimum Gasteiger partial charge on any atom is -0.459 e. The predicted octanol–water partition coefficient (Wildman–Crippen LogP) is 11.7. The van der Waals surface area contributed by atoms with Gasteiger partial charge in [0.1, 0.15) is 6.10 Å². The van der Waals surface area contributed by atoms with E-state index in [2.05, 4.69) is 86.5 Å². The van der Waals surface area contributed by atoms with Crippen LogP contribution in [0.15, 0.2) is 42.7 Å². The highest BCUT2D eigenvalue weighted by molar-refractivity contribution is 14.1. The zero-order valence-corrected chi connectivity index (χ0v) is 31.6. The third kappa shape index (κ3) is 5.91. The molecule has 1 unspecified atom stereocenters. The standard InChI is InChI=1S/C39H52Cl2INO2/c1-25(2)7-6-8-26(3)38(40)18-16-33-34-14-11-30-22-32(15-17-36(30,4)39(34,41)20-19-37(33,38)5)45-35(44)29-21-28(23-43-24-29)27-9-12-31(42)13-10-27/h9-10,12-13,21,23-26,30,32-34H,6-8,11,14-20,22H2,1-5H3/t26-,30?,32-,33+,34+,36+,37+,38+,39-/m1/s1. The Bertz CT molecular complexity index is 1380. The van der Waals surface area contributed by atoms with E-state index in [0.717, 1.165) is 55.6 Å². The highest BCUT2D eigenvalue weighted by Gasteiger charge is 2.70. The van der Waals surface area contributed by atoms with Gasteiger partial charge < -0.3 is 4.74 Å². The molecule has 4 aliphatic rings. The van der Waals surface area contributed by atoms with Crippen LogP contribution in [-0.2, 0) is 4.74 Å². The van der Waals surface area contributed by atoms with Crippen LogP contribution in [0.3, 0.4) is 0 Å². The van der Waals surface area contributed by atoms with Crippen LogP contribution in [0.1, 0.15) is 122 Å². The maximum absolute atomic E-state index is 13.4. The second kappa shape index (κ2) is 12.9. The van der Waals surface area contributed by atoms with Gasteiger partial charge in [0.05, 0.1) is 15.3 Å². The normalized spacial score (nSPS) is 38.2. The first-order valence-electron chi connectivity index (χ1n) is 17.6. The van der Waals surface area contributed by atoms with E-state index in [1.165, 1.54) is 42.1 Å². The Morgan fingerprint density at radius 3 is 2.40 bits per heavy atom. The first kappa shape index (κ1) is 34.0. The number of hydrogen-bond donors (Lipinski definition) is 0. The molecule has 0 aliphatic heterocycles. The Hall–Kier alpha value is -0.850. The second-order valence-corrected chi connectivity index (χ2v) is 18.7. The average Bonchev–Trinajstić information content (AvgIpc) is 3.29. The molecule has 9 atom stereocenters. The number of esters is 1. The number of pyridine rings is 1. The van der Waals surface area contributed by atoms with E-state index in [0.29, 0.717) is 29.2 Å². The van der Waals surface area contributed by atoms with Gasteiger partial charge in [-0.3, -0.25) is 4.98 Å². The lowest BCUT2D eigenvalue weighted by Crippen LogP contribution is -2.64. The van der Waals surface area contributed by atoms with E-state index in [1.54, 1.807) is 6.20 Å². The van der Waals surface area contributed by atoms with E-state index in [9.17, 15) is 4.79 Å². The molecule has 0 spiro atoms. The zero-order chi connectivity index (χ0) is 32.2. The van der Waals surface area contributed by atoms with Gasteiger partial charge >= 0.3 is 5.97 Å². The Balaban J connectivity index is 1.13. The molecule has 0 amide bonds. The molecule has 0 radical (unpaired) electrons. The monoisotopic (exact) mass is 763 g/mol. The van der Waals surface area contributed by atoms with Crippen molar-refractivity contribution in [1.82, 2.24) is 4.98 Å². The number of alkyl halides is 2. The summed E-state index contributed by atoms with van der Waals surface area (Å²) in [6.45, 7) is 12.1. The molecule has 6 rings (SSSR count). The van der Waals surface area contributed by atoms with Gasteiger partial charge in [-0.25, -0.2) is 4.79 Å². The summed E-state index contributed by atoms with van der Waals surface area (Å²) in [5.41, 5.74) is 2.70. The quantitative estimate of drug-likeness (QED) is 0.153. The molecule has 0 saturated heterocycles. The minimum atomic E-state index is -0.266. The Labute approximate surface area is 295 Å². The molecule has 4 aliphatic carbocycles. The van der Waals surface area contributed by atoms with Crippen molar-refractivity contribution in [3.63, 3.8) is 0 Å². The van der Waals surface area contributed by atoms with Crippen LogP contribution in [0, 0.1) is 44.0 Å². The molecule has 0 N–H and O–H groups in total. The number of ether oxygens (including phenoxy) is 1. The lowest BCUT2D eigenvalue weighted by Gasteiger charge is -2.66. The number of hydrogen-bond acceptors (Lipinski definition) is 3. The highest BCUT2D eigenvalue weighted by atomic mass is 127. The molecular weight excluding hydrogens is 712 g/mol. The lowest BCUT2D eigenvalue weighted by atomic mass is 9.43. The summed E-state index contributed by atoms with van der Waals surface area (Å²) < 4.78 is 7.37. The number of carbonyl (C=O) groups excluding carboxylic acids is 1. The minimum absolute atomic E-state index is 0.0500. The van der Waals surface area contributed by atoms with E-state index >= 15 is 0 Å². The lowest BCUT2D eigenvalue weighted by molar-refractivity contribution is -0.112. The maximum atomic E-state index is 13.4. The Morgan fingerprint density at radius 2 is 1.67 bits per heavy atom. The molecule has 45 heavy (non-hydrogen) atoms. The number of aromatic nitrogens is 1. The fourth-order valence-corrected chi connectivity index (χ4v) is 12.1. The molecule has 1 aromatic heterocycles. The summed E-state index contributed by atoms with van der Waals surface area (Å²) >= 11 is 18.1. The van der Waals surface area contributed by atoms with Gasteiger partial charge in [-0.05, 0) is 151 Å². The van der Waals surface area contributed by atoms with Crippen LogP contribution < -0.4 is 0 Å². The third-order valence-electron chi connectivity index (χ3n) is 13.5. The Kier molecular flexibility index (Phi) is 9.74. The van der Waals surface area contributed by atoms with Crippen LogP contribution in [0.5, 0.6) is 0 Å². The highest BCUT2D eigenvalue weighted by Crippen LogP contribution is 2.73. The van der Waals surface area contributed by atoms with Gasteiger partial charge in [-0.2, -0.15) is 0 Å². The summed E-state index contributed by atoms with van der Waals surface area (Å²) in [7, 11) is 0. The zero-order valence-electron chi connectivity index (χ0n) is 27.9. The summed E-state index contributed by atoms with van der Waals surface area (Å²) in [6, 6.07) is 10.2. The van der Waals surface area contributed by atoms with Crippen molar-refractivity contribution in [1.29, 1.82) is 0 Å². The van der Waals surface area contributed by atoms with Crippen molar-refractivity contribution in [3.05, 3.63) is 51.9 Å². The van der Waals surface area contributed by atoms with Gasteiger partial charge in [0.25, 0.3) is 0 Å². The third-order valence-corrected chi connectivity index (χ3v) is 16.1. The van der Waals surface area contributed by atoms with Crippen molar-refractivity contribution in [2.75, 3.05) is 0 Å². The summed E-state index contributed by atoms with van der Waals surface area (Å²) in [4.78, 5) is 17.4. The predicted molar refractivity (Wildman–Crippen MR) is 195 cm³/mol. The number of nitrogens with zero attached hydrogens (tertiary/aromatic N) is 1. The average molecular weight is 765 g/mol. The van der Waals surface area contributed by atoms with Gasteiger partial charge in [-0.15, -0.1) is 23.2 Å². The molecule has 6 heteroatoms. The smallest absolute Gasteiger partial charge is 0.339 e. The summed E-state index contributed by atoms with van der Waals surface area (Å²) in [5, 5.41) is 0. The van der Waals surface area contributed by atoms with Crippen molar-refractivity contribution in [2.45, 2.75) is 128 Å². The topological polar surface area (TPSA) is 39.2 Å². The van der Waals surface area contributed by atoms with Crippen molar-refractivity contribution < 1.29 is 9.53 Å². The SMILES string of the molecule is CC(C)CCC[C@@H](C)[C@@]1(Cl)CC[C@H]2[C@@H]3CCC4C[C@H](OC(=O)c5cncc(-c6ccc(I)cc6)c5)CC[C@]4(C)[C@@]3(Cl)CC[C@@]21C. The van der Waals surface area contributed by atoms with Gasteiger partial charge in [0, 0.05) is 21.5 Å². The van der Waals surface area contributed by atoms with Crippen LogP contribution in [-0.4, -0.2) is 26.8 Å². The number of benzene rings is 1. The van der Waals surface area contributed by atoms with E-state index < -0.39 is 0 Å². The van der Waals surface area contributed by atoms with Crippen molar-refractivity contribution in [3.8, 4) is 11.1 Å². The van der Waals surface area contributed by atoms with Crippen molar-refractivity contribution in [2.24, 2.45) is 40.4 Å². The molecule has 1 heterocycles. The number of carbonyl (C=O) groups is 1. The first-order valence-corrected chi connectivity index (χ1v) is 19.4. The van der Waals surface area contributed by atoms with Gasteiger partial charge in [0.15, 0.2) is 0 Å². The largest absolute Gasteiger partial charge is 0.459 e.